The number of rotatable bonds is 1. The second-order valence-electron chi connectivity index (χ2n) is 4.33. The first-order valence-corrected chi connectivity index (χ1v) is 6.04. The number of amidine groups is 1. The topological polar surface area (TPSA) is 27.1 Å². The zero-order chi connectivity index (χ0) is 13.6. The van der Waals surface area contributed by atoms with Crippen LogP contribution in [0.5, 0.6) is 0 Å². The summed E-state index contributed by atoms with van der Waals surface area (Å²) in [6, 6.07) is 8.64. The molecule has 0 atom stereocenters. The summed E-state index contributed by atoms with van der Waals surface area (Å²) < 4.78 is 26.3. The average Bonchev–Trinajstić information content (AvgIpc) is 2.70. The highest BCUT2D eigenvalue weighted by atomic mass is 35.5. The van der Waals surface area contributed by atoms with Crippen LogP contribution < -0.4 is 4.90 Å². The van der Waals surface area contributed by atoms with Gasteiger partial charge in [-0.15, -0.1) is 0 Å². The molecule has 0 bridgehead atoms. The summed E-state index contributed by atoms with van der Waals surface area (Å²) in [5, 5.41) is 8.08. The predicted octanol–water partition coefficient (Wildman–Crippen LogP) is 3.96. The molecular weight excluding hydrogens is 270 g/mol. The van der Waals surface area contributed by atoms with Crippen molar-refractivity contribution in [2.75, 3.05) is 4.90 Å². The number of anilines is 1. The number of halogens is 3. The van der Waals surface area contributed by atoms with Gasteiger partial charge in [0.15, 0.2) is 0 Å². The van der Waals surface area contributed by atoms with Crippen LogP contribution in [0.3, 0.4) is 0 Å². The summed E-state index contributed by atoms with van der Waals surface area (Å²) in [4.78, 5) is 1.66. The Hall–Kier alpha value is -1.94. The lowest BCUT2D eigenvalue weighted by atomic mass is 10.1. The predicted molar refractivity (Wildman–Crippen MR) is 70.8 cm³/mol. The normalized spacial score (nSPS) is 13.8. The second kappa shape index (κ2) is 4.31. The Labute approximate surface area is 113 Å². The molecule has 0 unspecified atom stereocenters. The summed E-state index contributed by atoms with van der Waals surface area (Å²) in [6.45, 7) is 0.455. The van der Waals surface area contributed by atoms with Crippen LogP contribution in [0.2, 0.25) is 5.02 Å². The van der Waals surface area contributed by atoms with Gasteiger partial charge in [0.05, 0.1) is 11.6 Å². The molecule has 0 radical (unpaired) electrons. The maximum Gasteiger partial charge on any atom is 0.141 e. The molecule has 0 amide bonds. The molecule has 1 heterocycles. The first-order valence-electron chi connectivity index (χ1n) is 5.66. The fourth-order valence-corrected chi connectivity index (χ4v) is 2.35. The Morgan fingerprint density at radius 2 is 1.89 bits per heavy atom. The molecule has 3 rings (SSSR count). The zero-order valence-electron chi connectivity index (χ0n) is 9.75. The van der Waals surface area contributed by atoms with Crippen molar-refractivity contribution < 1.29 is 8.78 Å². The fraction of sp³-hybridized carbons (Fsp3) is 0.0714. The molecule has 1 aliphatic rings. The van der Waals surface area contributed by atoms with Gasteiger partial charge >= 0.3 is 0 Å². The van der Waals surface area contributed by atoms with Crippen LogP contribution in [0.25, 0.3) is 0 Å². The van der Waals surface area contributed by atoms with Crippen molar-refractivity contribution in [3.8, 4) is 0 Å². The van der Waals surface area contributed by atoms with E-state index in [4.69, 9.17) is 17.0 Å². The van der Waals surface area contributed by atoms with E-state index in [1.54, 1.807) is 17.0 Å². The smallest absolute Gasteiger partial charge is 0.141 e. The summed E-state index contributed by atoms with van der Waals surface area (Å²) >= 11 is 5.74. The Morgan fingerprint density at radius 3 is 2.63 bits per heavy atom. The number of hydrogen-bond donors (Lipinski definition) is 1. The van der Waals surface area contributed by atoms with Crippen molar-refractivity contribution in [3.63, 3.8) is 0 Å². The Balaban J connectivity index is 2.01. The van der Waals surface area contributed by atoms with E-state index in [0.717, 1.165) is 5.56 Å². The van der Waals surface area contributed by atoms with Crippen molar-refractivity contribution in [2.24, 2.45) is 0 Å². The molecule has 0 aliphatic carbocycles. The van der Waals surface area contributed by atoms with Crippen molar-refractivity contribution in [1.82, 2.24) is 0 Å². The third-order valence-electron chi connectivity index (χ3n) is 3.14. The highest BCUT2D eigenvalue weighted by molar-refractivity contribution is 6.31. The van der Waals surface area contributed by atoms with Crippen LogP contribution in [0, 0.1) is 17.0 Å². The van der Waals surface area contributed by atoms with E-state index in [-0.39, 0.29) is 16.7 Å². The second-order valence-corrected chi connectivity index (χ2v) is 4.74. The van der Waals surface area contributed by atoms with Crippen LogP contribution in [0.4, 0.5) is 14.5 Å². The van der Waals surface area contributed by atoms with E-state index >= 15 is 0 Å². The van der Waals surface area contributed by atoms with Gasteiger partial charge in [-0.3, -0.25) is 5.41 Å². The lowest BCUT2D eigenvalue weighted by Gasteiger charge is -2.18. The van der Waals surface area contributed by atoms with Gasteiger partial charge in [-0.25, -0.2) is 8.78 Å². The van der Waals surface area contributed by atoms with Gasteiger partial charge < -0.3 is 4.90 Å². The minimum absolute atomic E-state index is 0.00689. The van der Waals surface area contributed by atoms with Gasteiger partial charge in [-0.1, -0.05) is 17.7 Å². The van der Waals surface area contributed by atoms with E-state index in [9.17, 15) is 8.78 Å². The maximum absolute atomic E-state index is 13.2. The molecule has 0 saturated carbocycles. The number of nitrogens with one attached hydrogen (secondary N) is 1. The Kier molecular flexibility index (Phi) is 2.75. The maximum atomic E-state index is 13.2. The zero-order valence-corrected chi connectivity index (χ0v) is 10.5. The number of nitrogens with zero attached hydrogens (tertiary/aromatic N) is 1. The van der Waals surface area contributed by atoms with E-state index in [1.165, 1.54) is 24.3 Å². The molecule has 19 heavy (non-hydrogen) atoms. The molecule has 5 heteroatoms. The van der Waals surface area contributed by atoms with Crippen LogP contribution in [0.15, 0.2) is 36.4 Å². The molecule has 0 fully saturated rings. The molecule has 2 nitrogen and oxygen atoms in total. The third kappa shape index (κ3) is 1.98. The van der Waals surface area contributed by atoms with E-state index in [2.05, 4.69) is 0 Å². The molecule has 0 aromatic heterocycles. The van der Waals surface area contributed by atoms with Gasteiger partial charge in [-0.2, -0.15) is 0 Å². The standard InChI is InChI=1S/C14H9ClF2N2/c15-12-6-10(3-4-13(12)17)19-7-8-1-2-9(16)5-11(8)14(19)18/h1-6,18H,7H2. The molecule has 1 aliphatic heterocycles. The summed E-state index contributed by atoms with van der Waals surface area (Å²) in [5.41, 5.74) is 2.04. The minimum Gasteiger partial charge on any atom is -0.322 e. The molecule has 2 aromatic rings. The molecule has 2 aromatic carbocycles. The summed E-state index contributed by atoms with van der Waals surface area (Å²) in [6.07, 6.45) is 0. The fourth-order valence-electron chi connectivity index (χ4n) is 2.18. The Bertz CT molecular complexity index is 685. The summed E-state index contributed by atoms with van der Waals surface area (Å²) in [7, 11) is 0. The van der Waals surface area contributed by atoms with Gasteiger partial charge in [0.2, 0.25) is 0 Å². The highest BCUT2D eigenvalue weighted by Crippen LogP contribution is 2.30. The van der Waals surface area contributed by atoms with Crippen molar-refractivity contribution in [2.45, 2.75) is 6.54 Å². The third-order valence-corrected chi connectivity index (χ3v) is 3.43. The van der Waals surface area contributed by atoms with Gasteiger partial charge in [0, 0.05) is 11.3 Å². The first-order chi connectivity index (χ1) is 9.06. The molecule has 96 valence electrons. The first kappa shape index (κ1) is 12.1. The minimum atomic E-state index is -0.500. The average molecular weight is 279 g/mol. The van der Waals surface area contributed by atoms with E-state index in [0.29, 0.717) is 17.8 Å². The Morgan fingerprint density at radius 1 is 1.11 bits per heavy atom. The number of fused-ring (bicyclic) bond motifs is 1. The van der Waals surface area contributed by atoms with E-state index < -0.39 is 5.82 Å². The van der Waals surface area contributed by atoms with Crippen LogP contribution in [0.1, 0.15) is 11.1 Å². The van der Waals surface area contributed by atoms with Crippen molar-refractivity contribution in [1.29, 1.82) is 5.41 Å². The largest absolute Gasteiger partial charge is 0.322 e. The molecule has 0 saturated heterocycles. The van der Waals surface area contributed by atoms with Crippen LogP contribution >= 0.6 is 11.6 Å². The molecule has 1 N–H and O–H groups in total. The number of hydrogen-bond acceptors (Lipinski definition) is 1. The highest BCUT2D eigenvalue weighted by Gasteiger charge is 2.26. The lowest BCUT2D eigenvalue weighted by Crippen LogP contribution is -2.23. The quantitative estimate of drug-likeness (QED) is 0.840. The van der Waals surface area contributed by atoms with Crippen molar-refractivity contribution >= 4 is 23.1 Å². The molecular formula is C14H9ClF2N2. The van der Waals surface area contributed by atoms with Gasteiger partial charge in [-0.05, 0) is 35.9 Å². The number of benzene rings is 2. The van der Waals surface area contributed by atoms with Gasteiger partial charge in [0.25, 0.3) is 0 Å². The summed E-state index contributed by atoms with van der Waals surface area (Å²) in [5.74, 6) is -0.681. The van der Waals surface area contributed by atoms with E-state index in [1.807, 2.05) is 0 Å². The van der Waals surface area contributed by atoms with Crippen molar-refractivity contribution in [3.05, 3.63) is 64.2 Å². The lowest BCUT2D eigenvalue weighted by molar-refractivity contribution is 0.627. The SMILES string of the molecule is N=C1c2cc(F)ccc2CN1c1ccc(F)c(Cl)c1. The molecule has 0 spiro atoms. The monoisotopic (exact) mass is 278 g/mol. The van der Waals surface area contributed by atoms with Gasteiger partial charge in [0.1, 0.15) is 17.5 Å². The van der Waals surface area contributed by atoms with Crippen LogP contribution in [-0.4, -0.2) is 5.84 Å². The van der Waals surface area contributed by atoms with Crippen LogP contribution in [-0.2, 0) is 6.54 Å².